The molecule has 2 aromatic heterocycles. The molecule has 0 amide bonds. The van der Waals surface area contributed by atoms with Gasteiger partial charge in [0.2, 0.25) is 0 Å². The van der Waals surface area contributed by atoms with E-state index in [0.717, 1.165) is 32.8 Å². The molecule has 0 spiro atoms. The molecule has 0 fully saturated rings. The number of imidazole rings is 1. The van der Waals surface area contributed by atoms with E-state index in [-0.39, 0.29) is 6.61 Å². The van der Waals surface area contributed by atoms with Crippen LogP contribution in [-0.2, 0) is 6.42 Å². The van der Waals surface area contributed by atoms with Gasteiger partial charge in [0.25, 0.3) is 0 Å². The lowest BCUT2D eigenvalue weighted by molar-refractivity contribution is 0.297. The Morgan fingerprint density at radius 1 is 1.37 bits per heavy atom. The van der Waals surface area contributed by atoms with Gasteiger partial charge in [-0.05, 0) is 28.1 Å². The number of oxazole rings is 1. The van der Waals surface area contributed by atoms with E-state index in [1.54, 1.807) is 0 Å². The van der Waals surface area contributed by atoms with E-state index in [1.165, 1.54) is 0 Å². The molecule has 0 aliphatic heterocycles. The predicted octanol–water partition coefficient (Wildman–Crippen LogP) is 2.82. The van der Waals surface area contributed by atoms with Gasteiger partial charge in [-0.25, -0.2) is 9.97 Å². The van der Waals surface area contributed by atoms with E-state index in [4.69, 9.17) is 9.52 Å². The Balaban J connectivity index is 2.07. The van der Waals surface area contributed by atoms with Crippen LogP contribution in [0, 0.1) is 6.92 Å². The van der Waals surface area contributed by atoms with Crippen molar-refractivity contribution < 1.29 is 9.52 Å². The summed E-state index contributed by atoms with van der Waals surface area (Å²) in [6, 6.07) is 5.78. The minimum Gasteiger partial charge on any atom is -0.441 e. The average molecular weight is 322 g/mol. The number of rotatable bonds is 3. The van der Waals surface area contributed by atoms with Crippen molar-refractivity contribution in [1.29, 1.82) is 0 Å². The highest BCUT2D eigenvalue weighted by Crippen LogP contribution is 2.29. The van der Waals surface area contributed by atoms with Crippen LogP contribution in [0.1, 0.15) is 11.7 Å². The monoisotopic (exact) mass is 321 g/mol. The van der Waals surface area contributed by atoms with Crippen LogP contribution >= 0.6 is 15.9 Å². The van der Waals surface area contributed by atoms with Crippen molar-refractivity contribution in [3.05, 3.63) is 34.5 Å². The first-order valence-electron chi connectivity index (χ1n) is 5.90. The highest BCUT2D eigenvalue weighted by atomic mass is 79.9. The summed E-state index contributed by atoms with van der Waals surface area (Å²) in [4.78, 5) is 11.8. The van der Waals surface area contributed by atoms with Gasteiger partial charge in [-0.3, -0.25) is 0 Å². The summed E-state index contributed by atoms with van der Waals surface area (Å²) in [5, 5.41) is 8.94. The van der Waals surface area contributed by atoms with Crippen LogP contribution in [-0.4, -0.2) is 26.7 Å². The van der Waals surface area contributed by atoms with Crippen LogP contribution in [0.3, 0.4) is 0 Å². The Morgan fingerprint density at radius 3 is 3.00 bits per heavy atom. The highest BCUT2D eigenvalue weighted by Gasteiger charge is 2.12. The van der Waals surface area contributed by atoms with Crippen molar-refractivity contribution in [2.75, 3.05) is 6.61 Å². The van der Waals surface area contributed by atoms with Gasteiger partial charge in [0.15, 0.2) is 11.5 Å². The third-order valence-corrected chi connectivity index (χ3v) is 3.40. The number of nitrogens with one attached hydrogen (secondary N) is 1. The number of aromatic nitrogens is 3. The zero-order valence-electron chi connectivity index (χ0n) is 10.3. The largest absolute Gasteiger partial charge is 0.441 e. The van der Waals surface area contributed by atoms with Crippen molar-refractivity contribution >= 4 is 27.0 Å². The third-order valence-electron chi connectivity index (χ3n) is 2.83. The van der Waals surface area contributed by atoms with Crippen molar-refractivity contribution in [3.8, 4) is 11.3 Å². The van der Waals surface area contributed by atoms with Gasteiger partial charge in [0.1, 0.15) is 21.6 Å². The SMILES string of the molecule is Cc1nc2ccc(-c3nc(CCO)[nH]c3Br)cc2o1. The first-order chi connectivity index (χ1) is 9.17. The van der Waals surface area contributed by atoms with Gasteiger partial charge in [0.05, 0.1) is 6.61 Å². The molecule has 0 saturated carbocycles. The fourth-order valence-electron chi connectivity index (χ4n) is 2.00. The molecule has 5 nitrogen and oxygen atoms in total. The summed E-state index contributed by atoms with van der Waals surface area (Å²) < 4.78 is 6.32. The molecule has 0 aliphatic rings. The number of fused-ring (bicyclic) bond motifs is 1. The van der Waals surface area contributed by atoms with Crippen LogP contribution in [0.15, 0.2) is 27.2 Å². The summed E-state index contributed by atoms with van der Waals surface area (Å²) in [7, 11) is 0. The molecular formula is C13H12BrN3O2. The van der Waals surface area contributed by atoms with Gasteiger partial charge < -0.3 is 14.5 Å². The maximum atomic E-state index is 8.94. The lowest BCUT2D eigenvalue weighted by Gasteiger charge is -1.96. The zero-order valence-corrected chi connectivity index (χ0v) is 11.9. The number of hydrogen-bond donors (Lipinski definition) is 2. The number of H-pyrrole nitrogens is 1. The number of nitrogens with zero attached hydrogens (tertiary/aromatic N) is 2. The van der Waals surface area contributed by atoms with Gasteiger partial charge in [-0.1, -0.05) is 6.07 Å². The Labute approximate surface area is 117 Å². The van der Waals surface area contributed by atoms with E-state index in [0.29, 0.717) is 12.3 Å². The maximum Gasteiger partial charge on any atom is 0.192 e. The third kappa shape index (κ3) is 2.29. The molecule has 3 rings (SSSR count). The first-order valence-corrected chi connectivity index (χ1v) is 6.69. The second-order valence-corrected chi connectivity index (χ2v) is 5.03. The van der Waals surface area contributed by atoms with Gasteiger partial charge in [-0.2, -0.15) is 0 Å². The van der Waals surface area contributed by atoms with E-state index in [2.05, 4.69) is 30.9 Å². The molecule has 2 heterocycles. The summed E-state index contributed by atoms with van der Waals surface area (Å²) in [5.74, 6) is 1.40. The van der Waals surface area contributed by atoms with E-state index in [9.17, 15) is 0 Å². The molecule has 1 aromatic carbocycles. The van der Waals surface area contributed by atoms with Crippen molar-refractivity contribution in [2.45, 2.75) is 13.3 Å². The number of halogens is 1. The van der Waals surface area contributed by atoms with E-state index >= 15 is 0 Å². The van der Waals surface area contributed by atoms with Crippen LogP contribution in [0.2, 0.25) is 0 Å². The van der Waals surface area contributed by atoms with Crippen molar-refractivity contribution in [3.63, 3.8) is 0 Å². The molecule has 0 aliphatic carbocycles. The summed E-state index contributed by atoms with van der Waals surface area (Å²) in [6.45, 7) is 1.89. The number of aliphatic hydroxyl groups excluding tert-OH is 1. The maximum absolute atomic E-state index is 8.94. The zero-order chi connectivity index (χ0) is 13.4. The molecule has 19 heavy (non-hydrogen) atoms. The number of aryl methyl sites for hydroxylation is 1. The Morgan fingerprint density at radius 2 is 2.21 bits per heavy atom. The van der Waals surface area contributed by atoms with Crippen LogP contribution in [0.25, 0.3) is 22.4 Å². The lowest BCUT2D eigenvalue weighted by atomic mass is 10.1. The fourth-order valence-corrected chi connectivity index (χ4v) is 2.55. The predicted molar refractivity (Wildman–Crippen MR) is 74.8 cm³/mol. The number of aromatic amines is 1. The van der Waals surface area contributed by atoms with Gasteiger partial charge >= 0.3 is 0 Å². The molecule has 6 heteroatoms. The van der Waals surface area contributed by atoms with Crippen LogP contribution < -0.4 is 0 Å². The molecule has 0 saturated heterocycles. The minimum absolute atomic E-state index is 0.0692. The van der Waals surface area contributed by atoms with Crippen LogP contribution in [0.4, 0.5) is 0 Å². The van der Waals surface area contributed by atoms with E-state index < -0.39 is 0 Å². The molecular weight excluding hydrogens is 310 g/mol. The first kappa shape index (κ1) is 12.4. The van der Waals surface area contributed by atoms with Crippen LogP contribution in [0.5, 0.6) is 0 Å². The molecule has 0 unspecified atom stereocenters. The van der Waals surface area contributed by atoms with Gasteiger partial charge in [0, 0.05) is 18.9 Å². The van der Waals surface area contributed by atoms with Crippen molar-refractivity contribution in [2.24, 2.45) is 0 Å². The number of benzene rings is 1. The molecule has 0 bridgehead atoms. The van der Waals surface area contributed by atoms with Crippen molar-refractivity contribution in [1.82, 2.24) is 15.0 Å². The topological polar surface area (TPSA) is 74.9 Å². The molecule has 0 atom stereocenters. The quantitative estimate of drug-likeness (QED) is 0.777. The summed E-state index contributed by atoms with van der Waals surface area (Å²) in [5.41, 5.74) is 3.33. The molecule has 0 radical (unpaired) electrons. The van der Waals surface area contributed by atoms with Gasteiger partial charge in [-0.15, -0.1) is 0 Å². The summed E-state index contributed by atoms with van der Waals surface area (Å²) >= 11 is 3.45. The average Bonchev–Trinajstić information content (AvgIpc) is 2.90. The number of hydrogen-bond acceptors (Lipinski definition) is 4. The molecule has 98 valence electrons. The normalized spacial score (nSPS) is 11.3. The Kier molecular flexibility index (Phi) is 3.12. The Hall–Kier alpha value is -1.66. The minimum atomic E-state index is 0.0692. The summed E-state index contributed by atoms with van der Waals surface area (Å²) in [6.07, 6.45) is 0.502. The smallest absolute Gasteiger partial charge is 0.192 e. The standard InChI is InChI=1S/C13H12BrN3O2/c1-7-15-9-3-2-8(6-10(9)19-7)12-13(14)17-11(16-12)4-5-18/h2-3,6,18H,4-5H2,1H3,(H,16,17). The highest BCUT2D eigenvalue weighted by molar-refractivity contribution is 9.10. The van der Waals surface area contributed by atoms with E-state index in [1.807, 2.05) is 25.1 Å². The fraction of sp³-hybridized carbons (Fsp3) is 0.231. The Bertz CT molecular complexity index is 733. The second kappa shape index (κ2) is 4.79. The number of aliphatic hydroxyl groups is 1. The molecule has 3 aromatic rings. The second-order valence-electron chi connectivity index (χ2n) is 4.24. The lowest BCUT2D eigenvalue weighted by Crippen LogP contribution is -1.92. The molecule has 2 N–H and O–H groups in total.